The van der Waals surface area contributed by atoms with E-state index in [1.807, 2.05) is 6.92 Å². The Morgan fingerprint density at radius 3 is 2.47 bits per heavy atom. The fourth-order valence-corrected chi connectivity index (χ4v) is 2.40. The molecule has 0 bridgehead atoms. The normalized spacial score (nSPS) is 24.4. The molecule has 4 heteroatoms. The summed E-state index contributed by atoms with van der Waals surface area (Å²) in [5, 5.41) is 6.05. The van der Waals surface area contributed by atoms with Gasteiger partial charge in [0.25, 0.3) is 0 Å². The van der Waals surface area contributed by atoms with Gasteiger partial charge in [0, 0.05) is 31.2 Å². The van der Waals surface area contributed by atoms with Crippen LogP contribution in [0.3, 0.4) is 0 Å². The molecule has 1 atom stereocenters. The van der Waals surface area contributed by atoms with Gasteiger partial charge in [0.15, 0.2) is 0 Å². The van der Waals surface area contributed by atoms with Crippen molar-refractivity contribution in [3.05, 3.63) is 0 Å². The van der Waals surface area contributed by atoms with Gasteiger partial charge in [0.1, 0.15) is 0 Å². The molecule has 4 nitrogen and oxygen atoms in total. The van der Waals surface area contributed by atoms with Gasteiger partial charge in [-0.25, -0.2) is 4.79 Å². The predicted molar refractivity (Wildman–Crippen MR) is 69.0 cm³/mol. The van der Waals surface area contributed by atoms with Gasteiger partial charge < -0.3 is 15.5 Å². The zero-order valence-corrected chi connectivity index (χ0v) is 11.0. The van der Waals surface area contributed by atoms with Crippen molar-refractivity contribution in [3.63, 3.8) is 0 Å². The lowest BCUT2D eigenvalue weighted by molar-refractivity contribution is 0.185. The Labute approximate surface area is 104 Å². The minimum Gasteiger partial charge on any atom is -0.336 e. The molecule has 0 radical (unpaired) electrons. The van der Waals surface area contributed by atoms with E-state index >= 15 is 0 Å². The van der Waals surface area contributed by atoms with E-state index in [0.29, 0.717) is 6.04 Å². The van der Waals surface area contributed by atoms with Gasteiger partial charge in [-0.15, -0.1) is 0 Å². The van der Waals surface area contributed by atoms with Gasteiger partial charge in [-0.1, -0.05) is 6.92 Å². The minimum atomic E-state index is 0.00391. The zero-order valence-electron chi connectivity index (χ0n) is 11.0. The van der Waals surface area contributed by atoms with Crippen molar-refractivity contribution in [2.75, 3.05) is 13.1 Å². The van der Waals surface area contributed by atoms with Crippen LogP contribution in [0.1, 0.15) is 46.0 Å². The van der Waals surface area contributed by atoms with Crippen molar-refractivity contribution in [1.29, 1.82) is 0 Å². The van der Waals surface area contributed by atoms with Crippen molar-refractivity contribution in [2.45, 2.75) is 64.1 Å². The number of hydrogen-bond acceptors (Lipinski definition) is 2. The Morgan fingerprint density at radius 1 is 1.29 bits per heavy atom. The maximum absolute atomic E-state index is 11.7. The Balaban J connectivity index is 1.64. The quantitative estimate of drug-likeness (QED) is 0.784. The summed E-state index contributed by atoms with van der Waals surface area (Å²) in [4.78, 5) is 14.2. The van der Waals surface area contributed by atoms with E-state index in [9.17, 15) is 4.79 Å². The molecule has 2 rings (SSSR count). The number of urea groups is 1. The lowest BCUT2D eigenvalue weighted by Crippen LogP contribution is -2.49. The van der Waals surface area contributed by atoms with Crippen LogP contribution in [0.5, 0.6) is 0 Å². The number of rotatable bonds is 4. The average molecular weight is 239 g/mol. The van der Waals surface area contributed by atoms with Gasteiger partial charge in [-0.2, -0.15) is 0 Å². The molecule has 98 valence electrons. The van der Waals surface area contributed by atoms with Gasteiger partial charge in [0.2, 0.25) is 0 Å². The third kappa shape index (κ3) is 3.87. The molecule has 17 heavy (non-hydrogen) atoms. The summed E-state index contributed by atoms with van der Waals surface area (Å²) in [5.74, 6) is 0. The molecule has 1 heterocycles. The van der Waals surface area contributed by atoms with E-state index in [1.165, 1.54) is 12.8 Å². The Bertz CT molecular complexity index is 257. The number of nitrogens with one attached hydrogen (secondary N) is 2. The minimum absolute atomic E-state index is 0.00391. The predicted octanol–water partition coefficient (Wildman–Crippen LogP) is 1.71. The summed E-state index contributed by atoms with van der Waals surface area (Å²) in [5.41, 5.74) is 0. The molecule has 0 aromatic carbocycles. The highest BCUT2D eigenvalue weighted by Gasteiger charge is 2.32. The molecule has 1 saturated carbocycles. The highest BCUT2D eigenvalue weighted by Crippen LogP contribution is 2.29. The topological polar surface area (TPSA) is 44.4 Å². The van der Waals surface area contributed by atoms with Gasteiger partial charge in [-0.3, -0.25) is 0 Å². The van der Waals surface area contributed by atoms with Crippen molar-refractivity contribution >= 4 is 6.03 Å². The van der Waals surface area contributed by atoms with Crippen LogP contribution >= 0.6 is 0 Å². The molecular weight excluding hydrogens is 214 g/mol. The molecule has 1 aliphatic heterocycles. The molecule has 1 saturated heterocycles. The number of carbonyl (C=O) groups excluding carboxylic acids is 1. The van der Waals surface area contributed by atoms with Crippen LogP contribution in [0.4, 0.5) is 4.79 Å². The Hall–Kier alpha value is -0.770. The van der Waals surface area contributed by atoms with Crippen LogP contribution in [-0.2, 0) is 0 Å². The summed E-state index contributed by atoms with van der Waals surface area (Å²) < 4.78 is 0. The molecule has 0 spiro atoms. The monoisotopic (exact) mass is 239 g/mol. The highest BCUT2D eigenvalue weighted by atomic mass is 16.2. The Morgan fingerprint density at radius 2 is 1.94 bits per heavy atom. The number of hydrogen-bond donors (Lipinski definition) is 2. The second-order valence-corrected chi connectivity index (χ2v) is 5.47. The molecule has 2 fully saturated rings. The average Bonchev–Trinajstić information content (AvgIpc) is 3.13. The number of carbonyl (C=O) groups is 1. The van der Waals surface area contributed by atoms with Gasteiger partial charge >= 0.3 is 6.03 Å². The molecule has 0 aromatic heterocycles. The van der Waals surface area contributed by atoms with Crippen LogP contribution < -0.4 is 10.6 Å². The molecule has 2 N–H and O–H groups in total. The summed E-state index contributed by atoms with van der Waals surface area (Å²) in [7, 11) is 0. The van der Waals surface area contributed by atoms with Crippen LogP contribution in [0.15, 0.2) is 0 Å². The zero-order chi connectivity index (χ0) is 12.3. The van der Waals surface area contributed by atoms with Gasteiger partial charge in [0.05, 0.1) is 0 Å². The van der Waals surface area contributed by atoms with Crippen molar-refractivity contribution in [1.82, 2.24) is 15.5 Å². The summed E-state index contributed by atoms with van der Waals surface area (Å²) in [6.45, 7) is 6.42. The van der Waals surface area contributed by atoms with Gasteiger partial charge in [-0.05, 0) is 39.0 Å². The third-order valence-electron chi connectivity index (χ3n) is 3.92. The first-order valence-corrected chi connectivity index (χ1v) is 7.00. The summed E-state index contributed by atoms with van der Waals surface area (Å²) in [6.07, 6.45) is 5.95. The maximum Gasteiger partial charge on any atom is 0.315 e. The van der Waals surface area contributed by atoms with E-state index in [-0.39, 0.29) is 12.1 Å². The van der Waals surface area contributed by atoms with Crippen LogP contribution in [0, 0.1) is 0 Å². The Kier molecular flexibility index (Phi) is 4.26. The van der Waals surface area contributed by atoms with Crippen LogP contribution in [-0.4, -0.2) is 42.1 Å². The summed E-state index contributed by atoms with van der Waals surface area (Å²) in [6, 6.07) is 1.50. The molecule has 1 aliphatic carbocycles. The SMILES string of the molecule is CCC(C)NC(=O)NC1CCN(C2CC2)CC1. The van der Waals surface area contributed by atoms with Crippen molar-refractivity contribution < 1.29 is 4.79 Å². The van der Waals surface area contributed by atoms with Crippen molar-refractivity contribution in [3.8, 4) is 0 Å². The molecule has 0 aromatic rings. The summed E-state index contributed by atoms with van der Waals surface area (Å²) >= 11 is 0. The van der Waals surface area contributed by atoms with E-state index in [1.54, 1.807) is 0 Å². The van der Waals surface area contributed by atoms with Crippen LogP contribution in [0.2, 0.25) is 0 Å². The molecule has 2 amide bonds. The van der Waals surface area contributed by atoms with E-state index < -0.39 is 0 Å². The number of likely N-dealkylation sites (tertiary alicyclic amines) is 1. The molecule has 2 aliphatic rings. The fourth-order valence-electron chi connectivity index (χ4n) is 2.40. The first-order chi connectivity index (χ1) is 8.19. The van der Waals surface area contributed by atoms with E-state index in [4.69, 9.17) is 0 Å². The molecule has 1 unspecified atom stereocenters. The van der Waals surface area contributed by atoms with Crippen LogP contribution in [0.25, 0.3) is 0 Å². The van der Waals surface area contributed by atoms with E-state index in [2.05, 4.69) is 22.5 Å². The standard InChI is InChI=1S/C13H25N3O/c1-3-10(2)14-13(17)15-11-6-8-16(9-7-11)12-4-5-12/h10-12H,3-9H2,1-2H3,(H2,14,15,17). The first kappa shape index (κ1) is 12.7. The number of nitrogens with zero attached hydrogens (tertiary/aromatic N) is 1. The smallest absolute Gasteiger partial charge is 0.315 e. The second kappa shape index (κ2) is 5.71. The first-order valence-electron chi connectivity index (χ1n) is 7.00. The lowest BCUT2D eigenvalue weighted by Gasteiger charge is -2.32. The highest BCUT2D eigenvalue weighted by molar-refractivity contribution is 5.74. The van der Waals surface area contributed by atoms with E-state index in [0.717, 1.165) is 38.4 Å². The third-order valence-corrected chi connectivity index (χ3v) is 3.92. The second-order valence-electron chi connectivity index (χ2n) is 5.47. The number of piperidine rings is 1. The largest absolute Gasteiger partial charge is 0.336 e. The van der Waals surface area contributed by atoms with Crippen molar-refractivity contribution in [2.24, 2.45) is 0 Å². The molecular formula is C13H25N3O. The number of amides is 2. The maximum atomic E-state index is 11.7. The lowest BCUT2D eigenvalue weighted by atomic mass is 10.1. The fraction of sp³-hybridized carbons (Fsp3) is 0.923.